The van der Waals surface area contributed by atoms with Crippen molar-refractivity contribution < 1.29 is 4.74 Å². The SMILES string of the molecule is COc1ccc(C)cc1-c1cn[nH]c(=S)c1. The third-order valence-corrected chi connectivity index (χ3v) is 2.54. The van der Waals surface area contributed by atoms with E-state index in [0.29, 0.717) is 4.64 Å². The van der Waals surface area contributed by atoms with Gasteiger partial charge in [-0.15, -0.1) is 0 Å². The fraction of sp³-hybridized carbons (Fsp3) is 0.167. The van der Waals surface area contributed by atoms with Gasteiger partial charge in [0, 0.05) is 11.1 Å². The normalized spacial score (nSPS) is 10.1. The number of aromatic amines is 1. The maximum absolute atomic E-state index is 5.32. The van der Waals surface area contributed by atoms with Gasteiger partial charge in [0.1, 0.15) is 10.4 Å². The molecule has 0 bridgehead atoms. The summed E-state index contributed by atoms with van der Waals surface area (Å²) in [6.45, 7) is 2.04. The lowest BCUT2D eigenvalue weighted by atomic mass is 10.0. The van der Waals surface area contributed by atoms with Crippen LogP contribution in [0.2, 0.25) is 0 Å². The third-order valence-electron chi connectivity index (χ3n) is 2.33. The van der Waals surface area contributed by atoms with Gasteiger partial charge in [-0.1, -0.05) is 23.8 Å². The van der Waals surface area contributed by atoms with E-state index in [0.717, 1.165) is 16.9 Å². The number of nitrogens with zero attached hydrogens (tertiary/aromatic N) is 1. The molecule has 0 saturated carbocycles. The molecule has 0 amide bonds. The minimum atomic E-state index is 0.612. The number of ether oxygens (including phenoxy) is 1. The maximum atomic E-state index is 5.32. The maximum Gasteiger partial charge on any atom is 0.126 e. The fourth-order valence-electron chi connectivity index (χ4n) is 1.57. The molecular weight excluding hydrogens is 220 g/mol. The van der Waals surface area contributed by atoms with Crippen LogP contribution in [0.1, 0.15) is 5.56 Å². The number of methoxy groups -OCH3 is 1. The van der Waals surface area contributed by atoms with Crippen molar-refractivity contribution in [3.8, 4) is 16.9 Å². The van der Waals surface area contributed by atoms with E-state index >= 15 is 0 Å². The number of H-pyrrole nitrogens is 1. The summed E-state index contributed by atoms with van der Waals surface area (Å²) in [7, 11) is 1.66. The Bertz CT molecular complexity index is 563. The molecule has 1 aromatic carbocycles. The van der Waals surface area contributed by atoms with Crippen LogP contribution >= 0.6 is 12.2 Å². The van der Waals surface area contributed by atoms with Crippen LogP contribution < -0.4 is 4.74 Å². The van der Waals surface area contributed by atoms with Crippen molar-refractivity contribution in [2.75, 3.05) is 7.11 Å². The molecule has 4 heteroatoms. The van der Waals surface area contributed by atoms with E-state index in [4.69, 9.17) is 17.0 Å². The first kappa shape index (κ1) is 10.8. The van der Waals surface area contributed by atoms with E-state index in [9.17, 15) is 0 Å². The van der Waals surface area contributed by atoms with Gasteiger partial charge in [-0.05, 0) is 25.1 Å². The molecule has 0 aliphatic heterocycles. The minimum Gasteiger partial charge on any atom is -0.496 e. The number of aryl methyl sites for hydroxylation is 1. The fourth-order valence-corrected chi connectivity index (χ4v) is 1.75. The van der Waals surface area contributed by atoms with E-state index in [1.807, 2.05) is 25.1 Å². The molecule has 0 spiro atoms. The van der Waals surface area contributed by atoms with Crippen LogP contribution in [0.15, 0.2) is 30.5 Å². The molecule has 2 rings (SSSR count). The summed E-state index contributed by atoms with van der Waals surface area (Å²) in [5, 5.41) is 6.70. The van der Waals surface area contributed by atoms with E-state index < -0.39 is 0 Å². The quantitative estimate of drug-likeness (QED) is 0.808. The molecule has 3 nitrogen and oxygen atoms in total. The second-order valence-corrected chi connectivity index (χ2v) is 3.98. The number of aromatic nitrogens is 2. The summed E-state index contributed by atoms with van der Waals surface area (Å²) >= 11 is 5.05. The van der Waals surface area contributed by atoms with Gasteiger partial charge >= 0.3 is 0 Å². The van der Waals surface area contributed by atoms with Gasteiger partial charge < -0.3 is 4.74 Å². The van der Waals surface area contributed by atoms with Crippen LogP contribution in [0.25, 0.3) is 11.1 Å². The standard InChI is InChI=1S/C12H12N2OS/c1-8-3-4-11(15-2)10(5-8)9-6-12(16)14-13-7-9/h3-7H,1-2H3,(H,14,16). The number of nitrogens with one attached hydrogen (secondary N) is 1. The summed E-state index contributed by atoms with van der Waals surface area (Å²) < 4.78 is 5.93. The summed E-state index contributed by atoms with van der Waals surface area (Å²) in [6, 6.07) is 7.90. The van der Waals surface area contributed by atoms with Crippen molar-refractivity contribution in [1.82, 2.24) is 10.2 Å². The highest BCUT2D eigenvalue weighted by molar-refractivity contribution is 7.71. The smallest absolute Gasteiger partial charge is 0.126 e. The monoisotopic (exact) mass is 232 g/mol. The van der Waals surface area contributed by atoms with Crippen LogP contribution in [0.3, 0.4) is 0 Å². The Morgan fingerprint density at radius 3 is 2.81 bits per heavy atom. The van der Waals surface area contributed by atoms with E-state index in [2.05, 4.69) is 16.3 Å². The predicted molar refractivity (Wildman–Crippen MR) is 66.1 cm³/mol. The molecule has 0 unspecified atom stereocenters. The number of hydrogen-bond acceptors (Lipinski definition) is 3. The van der Waals surface area contributed by atoms with Crippen molar-refractivity contribution in [3.05, 3.63) is 40.7 Å². The Morgan fingerprint density at radius 1 is 1.31 bits per heavy atom. The first-order valence-corrected chi connectivity index (χ1v) is 5.31. The average Bonchev–Trinajstić information content (AvgIpc) is 2.29. The second kappa shape index (κ2) is 4.45. The molecule has 0 atom stereocenters. The molecule has 1 heterocycles. The zero-order chi connectivity index (χ0) is 11.5. The minimum absolute atomic E-state index is 0.612. The number of hydrogen-bond donors (Lipinski definition) is 1. The average molecular weight is 232 g/mol. The molecular formula is C12H12N2OS. The van der Waals surface area contributed by atoms with Crippen LogP contribution in [0, 0.1) is 11.6 Å². The van der Waals surface area contributed by atoms with Gasteiger partial charge in [0.2, 0.25) is 0 Å². The molecule has 0 aliphatic rings. The van der Waals surface area contributed by atoms with E-state index in [1.165, 1.54) is 5.56 Å². The third kappa shape index (κ3) is 2.12. The molecule has 82 valence electrons. The van der Waals surface area contributed by atoms with Gasteiger partial charge in [-0.2, -0.15) is 5.10 Å². The Morgan fingerprint density at radius 2 is 2.12 bits per heavy atom. The highest BCUT2D eigenvalue weighted by atomic mass is 32.1. The van der Waals surface area contributed by atoms with Crippen molar-refractivity contribution in [3.63, 3.8) is 0 Å². The van der Waals surface area contributed by atoms with Crippen LogP contribution in [0.4, 0.5) is 0 Å². The Kier molecular flexibility index (Phi) is 3.01. The molecule has 1 aromatic heterocycles. The lowest BCUT2D eigenvalue weighted by molar-refractivity contribution is 0.416. The van der Waals surface area contributed by atoms with E-state index in [1.54, 1.807) is 13.3 Å². The highest BCUT2D eigenvalue weighted by Gasteiger charge is 2.06. The summed E-state index contributed by atoms with van der Waals surface area (Å²) in [5.41, 5.74) is 3.15. The van der Waals surface area contributed by atoms with Crippen molar-refractivity contribution in [2.45, 2.75) is 6.92 Å². The predicted octanol–water partition coefficient (Wildman–Crippen LogP) is 3.12. The Hall–Kier alpha value is -1.68. The zero-order valence-corrected chi connectivity index (χ0v) is 9.97. The van der Waals surface area contributed by atoms with Gasteiger partial charge in [0.15, 0.2) is 0 Å². The molecule has 0 radical (unpaired) electrons. The number of benzene rings is 1. The van der Waals surface area contributed by atoms with Crippen LogP contribution in [-0.2, 0) is 0 Å². The summed E-state index contributed by atoms with van der Waals surface area (Å²) in [4.78, 5) is 0. The van der Waals surface area contributed by atoms with Gasteiger partial charge in [0.25, 0.3) is 0 Å². The van der Waals surface area contributed by atoms with Crippen molar-refractivity contribution in [2.24, 2.45) is 0 Å². The molecule has 0 fully saturated rings. The number of rotatable bonds is 2. The topological polar surface area (TPSA) is 37.9 Å². The molecule has 0 aliphatic carbocycles. The first-order chi connectivity index (χ1) is 7.70. The molecule has 2 aromatic rings. The summed E-state index contributed by atoms with van der Waals surface area (Å²) in [6.07, 6.45) is 1.74. The molecule has 0 saturated heterocycles. The Labute approximate surface area is 99.1 Å². The Balaban J connectivity index is 2.62. The van der Waals surface area contributed by atoms with Crippen LogP contribution in [0.5, 0.6) is 5.75 Å². The first-order valence-electron chi connectivity index (χ1n) is 4.90. The van der Waals surface area contributed by atoms with Gasteiger partial charge in [0.05, 0.1) is 13.3 Å². The summed E-state index contributed by atoms with van der Waals surface area (Å²) in [5.74, 6) is 0.827. The van der Waals surface area contributed by atoms with Crippen LogP contribution in [-0.4, -0.2) is 17.3 Å². The molecule has 1 N–H and O–H groups in total. The lowest BCUT2D eigenvalue weighted by Gasteiger charge is -2.08. The largest absolute Gasteiger partial charge is 0.496 e. The highest BCUT2D eigenvalue weighted by Crippen LogP contribution is 2.29. The second-order valence-electron chi connectivity index (χ2n) is 3.54. The van der Waals surface area contributed by atoms with Crippen molar-refractivity contribution in [1.29, 1.82) is 0 Å². The van der Waals surface area contributed by atoms with Gasteiger partial charge in [-0.25, -0.2) is 0 Å². The lowest BCUT2D eigenvalue weighted by Crippen LogP contribution is -1.90. The van der Waals surface area contributed by atoms with Crippen molar-refractivity contribution >= 4 is 12.2 Å². The van der Waals surface area contributed by atoms with E-state index in [-0.39, 0.29) is 0 Å². The molecule has 16 heavy (non-hydrogen) atoms. The zero-order valence-electron chi connectivity index (χ0n) is 9.15. The van der Waals surface area contributed by atoms with Gasteiger partial charge in [-0.3, -0.25) is 5.10 Å².